The van der Waals surface area contributed by atoms with Gasteiger partial charge in [-0.15, -0.1) is 11.3 Å². The van der Waals surface area contributed by atoms with Gasteiger partial charge in [0, 0.05) is 141 Å². The number of para-hydroxylation sites is 1. The van der Waals surface area contributed by atoms with Crippen molar-refractivity contribution in [2.75, 3.05) is 102 Å². The number of urea groups is 1. The minimum absolute atomic E-state index is 0.000627. The molecule has 2 aliphatic heterocycles. The molecule has 2 saturated heterocycles. The summed E-state index contributed by atoms with van der Waals surface area (Å²) in [5, 5.41) is 26.3. The molecule has 1 unspecified atom stereocenters. The Bertz CT molecular complexity index is 4280. The lowest BCUT2D eigenvalue weighted by molar-refractivity contribution is -0.148. The summed E-state index contributed by atoms with van der Waals surface area (Å²) in [5.74, 6) is -6.96. The number of fused-ring (bicyclic) bond motifs is 1. The second kappa shape index (κ2) is 51.7. The van der Waals surface area contributed by atoms with Crippen LogP contribution in [0.2, 0.25) is 0 Å². The van der Waals surface area contributed by atoms with Gasteiger partial charge in [-0.05, 0) is 110 Å². The number of carboxylic acids is 1. The Balaban J connectivity index is 0.925. The average molecular weight is 1760 g/mol. The third kappa shape index (κ3) is 31.1. The van der Waals surface area contributed by atoms with Crippen molar-refractivity contribution < 1.29 is 86.3 Å². The van der Waals surface area contributed by atoms with E-state index in [1.165, 1.54) is 30.4 Å². The molecular formula is C92H138N14O18S. The second-order valence-electron chi connectivity index (χ2n) is 34.1. The number of methoxy groups -OCH3 is 2. The molecular weight excluding hydrogens is 1620 g/mol. The van der Waals surface area contributed by atoms with Crippen LogP contribution in [0.1, 0.15) is 179 Å². The van der Waals surface area contributed by atoms with Crippen LogP contribution in [0.4, 0.5) is 9.59 Å². The Kier molecular flexibility index (Phi) is 42.4. The molecule has 0 radical (unpaired) electrons. The largest absolute Gasteiger partial charge is 0.481 e. The second-order valence-corrected chi connectivity index (χ2v) is 35.0. The van der Waals surface area contributed by atoms with Crippen LogP contribution in [0.25, 0.3) is 10.9 Å². The molecule has 5 aromatic rings. The van der Waals surface area contributed by atoms with Gasteiger partial charge in [0.1, 0.15) is 29.5 Å². The zero-order valence-electron chi connectivity index (χ0n) is 75.9. The van der Waals surface area contributed by atoms with E-state index in [1.54, 1.807) is 87.0 Å². The summed E-state index contributed by atoms with van der Waals surface area (Å²) >= 11 is 1.47. The summed E-state index contributed by atoms with van der Waals surface area (Å²) in [7, 11) is 9.97. The van der Waals surface area contributed by atoms with Gasteiger partial charge < -0.3 is 80.0 Å². The topological polar surface area (TPSA) is 395 Å². The highest BCUT2D eigenvalue weighted by Gasteiger charge is 2.45. The fourth-order valence-electron chi connectivity index (χ4n) is 16.8. The summed E-state index contributed by atoms with van der Waals surface area (Å²) in [6.45, 7) is 19.5. The summed E-state index contributed by atoms with van der Waals surface area (Å²) in [5.41, 5.74) is 12.8. The van der Waals surface area contributed by atoms with E-state index in [-0.39, 0.29) is 163 Å². The van der Waals surface area contributed by atoms with Crippen LogP contribution in [-0.2, 0) is 104 Å². The van der Waals surface area contributed by atoms with Crippen molar-refractivity contribution in [3.63, 3.8) is 0 Å². The molecule has 3 aromatic carbocycles. The van der Waals surface area contributed by atoms with Gasteiger partial charge in [-0.1, -0.05) is 142 Å². The number of amides is 10. The average Bonchev–Trinajstić information content (AvgIpc) is 1.61. The number of hydrazine groups is 1. The monoisotopic (exact) mass is 1760 g/mol. The molecule has 2 aliphatic rings. The number of nitrogens with zero attached hydrogens (tertiary/aromatic N) is 8. The number of hydrogen-bond donors (Lipinski definition) is 7. The van der Waals surface area contributed by atoms with Crippen LogP contribution >= 0.6 is 11.3 Å². The van der Waals surface area contributed by atoms with Gasteiger partial charge in [0.25, 0.3) is 0 Å². The van der Waals surface area contributed by atoms with E-state index in [4.69, 9.17) is 34.5 Å². The quantitative estimate of drug-likeness (QED) is 0.0141. The first-order valence-electron chi connectivity index (χ1n) is 44.1. The first kappa shape index (κ1) is 102. The Morgan fingerprint density at radius 1 is 0.696 bits per heavy atom. The number of Topliss-reactive ketones (excluding diaryl/α,β-unsaturated/α-hetero) is 2. The van der Waals surface area contributed by atoms with Crippen molar-refractivity contribution >= 4 is 93.3 Å². The number of nitrogens with one attached hydrogen (secondary N) is 5. The van der Waals surface area contributed by atoms with Crippen molar-refractivity contribution in [2.45, 2.75) is 233 Å². The molecule has 8 N–H and O–H groups in total. The van der Waals surface area contributed by atoms with Gasteiger partial charge in [0.05, 0.1) is 88.1 Å². The third-order valence-corrected chi connectivity index (χ3v) is 25.1. The van der Waals surface area contributed by atoms with Crippen molar-refractivity contribution in [3.8, 4) is 0 Å². The predicted octanol–water partition coefficient (Wildman–Crippen LogP) is 8.89. The van der Waals surface area contributed by atoms with Gasteiger partial charge in [-0.2, -0.15) is 0 Å². The molecule has 0 saturated carbocycles. The van der Waals surface area contributed by atoms with E-state index in [0.717, 1.165) is 27.2 Å². The normalized spacial score (nSPS) is 16.2. The molecule has 2 fully saturated rings. The van der Waals surface area contributed by atoms with Crippen LogP contribution in [0.5, 0.6) is 0 Å². The van der Waals surface area contributed by atoms with Crippen molar-refractivity contribution in [3.05, 3.63) is 124 Å². The Hall–Kier alpha value is -9.77. The van der Waals surface area contributed by atoms with Crippen molar-refractivity contribution in [1.82, 2.24) is 65.8 Å². The van der Waals surface area contributed by atoms with Gasteiger partial charge in [-0.25, -0.2) is 19.6 Å². The molecule has 0 aliphatic carbocycles. The van der Waals surface area contributed by atoms with Crippen LogP contribution in [0.3, 0.4) is 0 Å². The molecule has 33 heteroatoms. The fraction of sp³-hybridized carbons (Fsp3) is 0.620. The molecule has 4 heterocycles. The third-order valence-electron chi connectivity index (χ3n) is 24.2. The minimum atomic E-state index is -1.10. The van der Waals surface area contributed by atoms with E-state index in [1.807, 2.05) is 113 Å². The lowest BCUT2D eigenvalue weighted by Crippen LogP contribution is -2.60. The number of likely N-dealkylation sites (tertiary alicyclic amines) is 2. The first-order valence-corrected chi connectivity index (χ1v) is 45.0. The van der Waals surface area contributed by atoms with E-state index < -0.39 is 102 Å². The van der Waals surface area contributed by atoms with E-state index in [9.17, 15) is 52.7 Å². The molecule has 690 valence electrons. The summed E-state index contributed by atoms with van der Waals surface area (Å²) in [6, 6.07) is 21.1. The lowest BCUT2D eigenvalue weighted by Gasteiger charge is -2.41. The molecule has 0 spiro atoms. The number of aromatic nitrogens is 2. The number of ketones is 2. The number of thiazole rings is 1. The number of rotatable bonds is 54. The maximum Gasteiger partial charge on any atom is 0.410 e. The zero-order valence-corrected chi connectivity index (χ0v) is 76.8. The standard InChI is InChI=1S/C92H138N14O18S/c1-16-62(8)84(77(120-14)56-80(111)106-42-23-29-75(106)85(121-15)63(9)86(114)98-73(89-95-41-51-125-89)52-64-24-18-17-19-25-64)101(12)90(117)82(60(4)5)99-88(116)83(61(6)7)102(13)92(119)124-58-66-32-30-65(31-33-66)53-76(108)72(27-22-40-96-91(93)118)97-87(115)71(59(2)3)55-70(107)34-35-79(110)105(46-48-123-50-49-122-47-39-81(112)113)68-36-43-103(44-37-68)78(109)38-45-104-69(57-100(11)94-10)54-67-26-20-21-28-74(67)104/h17-21,24-26,28,30-33,41,51,54,59-63,68,71-73,75,77,82-85,94H,16,22-23,27,29,34-40,42-50,52-53,55-58H2,1-15H3,(H,97,115)(H,98,114)(H,99,116)(H,112,113)(H3,93,96,118)/t62-,63+,71-,72-,73-,75-,77+,82?,83-,84-,85+/m0/s1. The molecule has 125 heavy (non-hydrogen) atoms. The number of likely N-dealkylation sites (N-methyl/N-ethyl adjacent to an activating group) is 2. The molecule has 11 atom stereocenters. The SMILES string of the molecule is CC[C@H](C)[C@@H]([C@@H](CC(=O)N1CCC[C@H]1[C@H](OC)[C@@H](C)C(=O)N[C@@H](Cc1ccccc1)c1nccs1)OC)N(C)C(=O)C(NC(=O)[C@H](C(C)C)N(C)C(=O)OCc1ccc(CC(=O)[C@H](CCCNC(N)=O)NC(=O)[C@@H](CC(=O)CCC(=O)N(CCOCCOCCC(=O)O)C2CCN(C(=O)CCn3c(CN(C)NC)cc4ccccc43)CC2)C(C)C)cc1)C(C)C. The highest BCUT2D eigenvalue weighted by atomic mass is 32.1. The highest BCUT2D eigenvalue weighted by molar-refractivity contribution is 7.09. The van der Waals surface area contributed by atoms with E-state index in [0.29, 0.717) is 82.4 Å². The number of ether oxygens (including phenoxy) is 5. The van der Waals surface area contributed by atoms with E-state index in [2.05, 4.69) is 48.4 Å². The maximum atomic E-state index is 15.0. The van der Waals surface area contributed by atoms with Gasteiger partial charge in [-0.3, -0.25) is 58.3 Å². The van der Waals surface area contributed by atoms with E-state index >= 15 is 4.79 Å². The Morgan fingerprint density at radius 3 is 2.00 bits per heavy atom. The molecule has 7 rings (SSSR count). The summed E-state index contributed by atoms with van der Waals surface area (Å²) in [6.07, 6.45) is 2.62. The van der Waals surface area contributed by atoms with Crippen LogP contribution in [0.15, 0.2) is 96.5 Å². The van der Waals surface area contributed by atoms with Crippen molar-refractivity contribution in [1.29, 1.82) is 0 Å². The highest BCUT2D eigenvalue weighted by Crippen LogP contribution is 2.33. The number of carbonyl (C=O) groups excluding carboxylic acids is 11. The van der Waals surface area contributed by atoms with Gasteiger partial charge in [0.15, 0.2) is 5.78 Å². The number of primary amides is 1. The maximum absolute atomic E-state index is 15.0. The number of hydrogen-bond acceptors (Lipinski definition) is 21. The molecule has 0 bridgehead atoms. The molecule has 32 nitrogen and oxygen atoms in total. The number of nitrogens with two attached hydrogens (primary N) is 1. The Morgan fingerprint density at radius 2 is 1.38 bits per heavy atom. The van der Waals surface area contributed by atoms with Crippen LogP contribution < -0.4 is 32.4 Å². The fourth-order valence-corrected chi connectivity index (χ4v) is 17.5. The number of aliphatic carboxylic acids is 1. The van der Waals surface area contributed by atoms with Crippen LogP contribution in [-0.4, -0.2) is 265 Å². The predicted molar refractivity (Wildman–Crippen MR) is 476 cm³/mol. The number of carboxylic acid groups (broad SMARTS) is 1. The number of piperidine rings is 1. The van der Waals surface area contributed by atoms with Gasteiger partial charge >= 0.3 is 18.1 Å². The van der Waals surface area contributed by atoms with Crippen LogP contribution in [0, 0.1) is 35.5 Å². The summed E-state index contributed by atoms with van der Waals surface area (Å²) in [4.78, 5) is 179. The number of aryl methyl sites for hydroxylation is 1. The molecule has 10 amide bonds. The Labute approximate surface area is 741 Å². The minimum Gasteiger partial charge on any atom is -0.481 e. The number of benzene rings is 3. The lowest BCUT2D eigenvalue weighted by atomic mass is 9.88. The zero-order chi connectivity index (χ0) is 91.6. The molecule has 2 aromatic heterocycles. The van der Waals surface area contributed by atoms with Gasteiger partial charge in [0.2, 0.25) is 41.4 Å². The number of carbonyl (C=O) groups is 12. The summed E-state index contributed by atoms with van der Waals surface area (Å²) < 4.78 is 31.5. The van der Waals surface area contributed by atoms with Crippen molar-refractivity contribution in [2.24, 2.45) is 41.2 Å². The smallest absolute Gasteiger partial charge is 0.410 e. The first-order chi connectivity index (χ1) is 59.7.